The molecule has 1 heterocycles. The number of urea groups is 1. The molecule has 0 bridgehead atoms. The van der Waals surface area contributed by atoms with Gasteiger partial charge in [0.15, 0.2) is 0 Å². The maximum absolute atomic E-state index is 12.0. The van der Waals surface area contributed by atoms with Gasteiger partial charge in [0.25, 0.3) is 5.91 Å². The number of aliphatic hydroxyl groups excluding tert-OH is 1. The minimum Gasteiger partial charge on any atom is -0.396 e. The van der Waals surface area contributed by atoms with Crippen LogP contribution in [0.4, 0.5) is 4.79 Å². The van der Waals surface area contributed by atoms with E-state index < -0.39 is 11.6 Å². The standard InChI is InChI=1S/C13H16N2O3/c16-9-5-4-8-13(10-6-2-1-3-7-10)11(17)14-12(18)15-13/h1-3,6-7,16H,4-5,8-9H2,(H2,14,15,17,18). The van der Waals surface area contributed by atoms with Crippen molar-refractivity contribution in [2.75, 3.05) is 6.61 Å². The van der Waals surface area contributed by atoms with E-state index in [1.807, 2.05) is 30.3 Å². The third kappa shape index (κ3) is 2.22. The molecule has 0 aromatic heterocycles. The van der Waals surface area contributed by atoms with Crippen molar-refractivity contribution in [3.05, 3.63) is 35.9 Å². The van der Waals surface area contributed by atoms with E-state index in [0.717, 1.165) is 5.56 Å². The van der Waals surface area contributed by atoms with Crippen LogP contribution in [0, 0.1) is 0 Å². The zero-order valence-electron chi connectivity index (χ0n) is 9.98. The minimum absolute atomic E-state index is 0.0838. The molecule has 1 atom stereocenters. The Morgan fingerprint density at radius 1 is 1.11 bits per heavy atom. The molecule has 5 heteroatoms. The van der Waals surface area contributed by atoms with Gasteiger partial charge in [0.1, 0.15) is 5.54 Å². The molecule has 3 amide bonds. The Hall–Kier alpha value is -1.88. The van der Waals surface area contributed by atoms with Gasteiger partial charge in [-0.15, -0.1) is 0 Å². The molecule has 0 aliphatic carbocycles. The van der Waals surface area contributed by atoms with E-state index in [9.17, 15) is 9.59 Å². The molecule has 3 N–H and O–H groups in total. The van der Waals surface area contributed by atoms with Gasteiger partial charge in [0.2, 0.25) is 0 Å². The molecule has 0 spiro atoms. The van der Waals surface area contributed by atoms with Crippen molar-refractivity contribution in [2.24, 2.45) is 0 Å². The first-order chi connectivity index (χ1) is 8.69. The summed E-state index contributed by atoms with van der Waals surface area (Å²) in [6.45, 7) is 0.0838. The number of amides is 3. The summed E-state index contributed by atoms with van der Waals surface area (Å²) in [4.78, 5) is 23.4. The van der Waals surface area contributed by atoms with Crippen molar-refractivity contribution >= 4 is 11.9 Å². The molecule has 1 aromatic carbocycles. The van der Waals surface area contributed by atoms with Crippen LogP contribution in [-0.2, 0) is 10.3 Å². The van der Waals surface area contributed by atoms with Crippen LogP contribution < -0.4 is 10.6 Å². The SMILES string of the molecule is O=C1NC(=O)C(CCCCO)(c2ccccc2)N1. The van der Waals surface area contributed by atoms with Crippen molar-refractivity contribution in [1.29, 1.82) is 0 Å². The summed E-state index contributed by atoms with van der Waals surface area (Å²) in [7, 11) is 0. The van der Waals surface area contributed by atoms with Crippen molar-refractivity contribution in [2.45, 2.75) is 24.8 Å². The summed E-state index contributed by atoms with van der Waals surface area (Å²) in [5.74, 6) is -0.323. The van der Waals surface area contributed by atoms with E-state index >= 15 is 0 Å². The smallest absolute Gasteiger partial charge is 0.322 e. The Labute approximate surface area is 105 Å². The van der Waals surface area contributed by atoms with Crippen LogP contribution in [0.1, 0.15) is 24.8 Å². The molecule has 0 saturated carbocycles. The average Bonchev–Trinajstić information content (AvgIpc) is 2.67. The van der Waals surface area contributed by atoms with Crippen LogP contribution in [0.15, 0.2) is 30.3 Å². The zero-order valence-corrected chi connectivity index (χ0v) is 9.98. The lowest BCUT2D eigenvalue weighted by molar-refractivity contribution is -0.124. The third-order valence-corrected chi connectivity index (χ3v) is 3.17. The first-order valence-corrected chi connectivity index (χ1v) is 5.99. The quantitative estimate of drug-likeness (QED) is 0.534. The predicted molar refractivity (Wildman–Crippen MR) is 65.7 cm³/mol. The Bertz CT molecular complexity index is 447. The van der Waals surface area contributed by atoms with Crippen molar-refractivity contribution in [3.63, 3.8) is 0 Å². The largest absolute Gasteiger partial charge is 0.396 e. The maximum Gasteiger partial charge on any atom is 0.322 e. The Balaban J connectivity index is 2.29. The monoisotopic (exact) mass is 248 g/mol. The number of aliphatic hydroxyl groups is 1. The number of carbonyl (C=O) groups excluding carboxylic acids is 2. The van der Waals surface area contributed by atoms with Gasteiger partial charge in [-0.2, -0.15) is 0 Å². The second-order valence-electron chi connectivity index (χ2n) is 4.36. The zero-order chi connectivity index (χ0) is 13.0. The van der Waals surface area contributed by atoms with Crippen LogP contribution in [0.5, 0.6) is 0 Å². The van der Waals surface area contributed by atoms with Gasteiger partial charge in [-0.1, -0.05) is 30.3 Å². The fourth-order valence-corrected chi connectivity index (χ4v) is 2.24. The highest BCUT2D eigenvalue weighted by Crippen LogP contribution is 2.30. The summed E-state index contributed by atoms with van der Waals surface area (Å²) in [5.41, 5.74) is -0.223. The Kier molecular flexibility index (Phi) is 3.62. The highest BCUT2D eigenvalue weighted by atomic mass is 16.3. The van der Waals surface area contributed by atoms with Gasteiger partial charge in [0.05, 0.1) is 0 Å². The molecular formula is C13H16N2O3. The molecule has 2 rings (SSSR count). The number of imide groups is 1. The van der Waals surface area contributed by atoms with Crippen molar-refractivity contribution < 1.29 is 14.7 Å². The highest BCUT2D eigenvalue weighted by Gasteiger charge is 2.46. The molecule has 1 aliphatic rings. The molecule has 1 aromatic rings. The first-order valence-electron chi connectivity index (χ1n) is 5.99. The number of hydrogen-bond acceptors (Lipinski definition) is 3. The molecular weight excluding hydrogens is 232 g/mol. The lowest BCUT2D eigenvalue weighted by Gasteiger charge is -2.26. The second kappa shape index (κ2) is 5.18. The van der Waals surface area contributed by atoms with Gasteiger partial charge in [-0.25, -0.2) is 4.79 Å². The minimum atomic E-state index is -0.993. The normalized spacial score (nSPS) is 22.7. The van der Waals surface area contributed by atoms with E-state index in [4.69, 9.17) is 5.11 Å². The highest BCUT2D eigenvalue weighted by molar-refractivity contribution is 6.07. The number of nitrogens with one attached hydrogen (secondary N) is 2. The van der Waals surface area contributed by atoms with Gasteiger partial charge in [-0.05, 0) is 24.8 Å². The summed E-state index contributed by atoms with van der Waals surface area (Å²) in [6, 6.07) is 8.71. The van der Waals surface area contributed by atoms with Gasteiger partial charge < -0.3 is 10.4 Å². The molecule has 1 fully saturated rings. The Morgan fingerprint density at radius 2 is 1.83 bits per heavy atom. The fraction of sp³-hybridized carbons (Fsp3) is 0.385. The van der Waals surface area contributed by atoms with Crippen LogP contribution in [-0.4, -0.2) is 23.7 Å². The van der Waals surface area contributed by atoms with E-state index in [0.29, 0.717) is 19.3 Å². The summed E-state index contributed by atoms with van der Waals surface area (Å²) in [5, 5.41) is 13.8. The first kappa shape index (κ1) is 12.6. The van der Waals surface area contributed by atoms with Gasteiger partial charge in [-0.3, -0.25) is 10.1 Å². The van der Waals surface area contributed by atoms with E-state index in [1.165, 1.54) is 0 Å². The van der Waals surface area contributed by atoms with E-state index in [-0.39, 0.29) is 12.5 Å². The number of hydrogen-bond donors (Lipinski definition) is 3. The Morgan fingerprint density at radius 3 is 2.39 bits per heavy atom. The molecule has 1 unspecified atom stereocenters. The van der Waals surface area contributed by atoms with Gasteiger partial charge >= 0.3 is 6.03 Å². The number of carbonyl (C=O) groups is 2. The third-order valence-electron chi connectivity index (χ3n) is 3.17. The molecule has 1 saturated heterocycles. The molecule has 18 heavy (non-hydrogen) atoms. The maximum atomic E-state index is 12.0. The topological polar surface area (TPSA) is 78.4 Å². The number of benzene rings is 1. The lowest BCUT2D eigenvalue weighted by Crippen LogP contribution is -2.43. The molecule has 96 valence electrons. The average molecular weight is 248 g/mol. The van der Waals surface area contributed by atoms with Crippen LogP contribution >= 0.6 is 0 Å². The van der Waals surface area contributed by atoms with Gasteiger partial charge in [0, 0.05) is 6.61 Å². The molecule has 0 radical (unpaired) electrons. The molecule has 1 aliphatic heterocycles. The van der Waals surface area contributed by atoms with Crippen LogP contribution in [0.25, 0.3) is 0 Å². The fourth-order valence-electron chi connectivity index (χ4n) is 2.24. The van der Waals surface area contributed by atoms with Crippen molar-refractivity contribution in [1.82, 2.24) is 10.6 Å². The predicted octanol–water partition coefficient (Wildman–Crippen LogP) is 0.884. The summed E-state index contributed by atoms with van der Waals surface area (Å²) >= 11 is 0. The van der Waals surface area contributed by atoms with Crippen LogP contribution in [0.3, 0.4) is 0 Å². The van der Waals surface area contributed by atoms with E-state index in [2.05, 4.69) is 10.6 Å². The van der Waals surface area contributed by atoms with E-state index in [1.54, 1.807) is 0 Å². The number of unbranched alkanes of at least 4 members (excludes halogenated alkanes) is 1. The summed E-state index contributed by atoms with van der Waals surface area (Å²) < 4.78 is 0. The number of rotatable bonds is 5. The van der Waals surface area contributed by atoms with Crippen LogP contribution in [0.2, 0.25) is 0 Å². The van der Waals surface area contributed by atoms with Crippen molar-refractivity contribution in [3.8, 4) is 0 Å². The summed E-state index contributed by atoms with van der Waals surface area (Å²) in [6.07, 6.45) is 1.76. The molecule has 5 nitrogen and oxygen atoms in total. The lowest BCUT2D eigenvalue weighted by atomic mass is 9.85. The second-order valence-corrected chi connectivity index (χ2v) is 4.36.